The van der Waals surface area contributed by atoms with Gasteiger partial charge < -0.3 is 11.5 Å². The number of imide groups is 1. The van der Waals surface area contributed by atoms with Crippen LogP contribution in [0.1, 0.15) is 61.7 Å². The molecule has 0 aliphatic carbocycles. The number of hydrogen-bond donors (Lipinski definition) is 2. The van der Waals surface area contributed by atoms with Gasteiger partial charge in [0.2, 0.25) is 0 Å². The van der Waals surface area contributed by atoms with E-state index in [0.717, 1.165) is 58.5 Å². The van der Waals surface area contributed by atoms with E-state index in [1.807, 2.05) is 13.8 Å². The summed E-state index contributed by atoms with van der Waals surface area (Å²) in [4.78, 5) is 31.0. The number of urea groups is 1. The Balaban J connectivity index is 2.19. The van der Waals surface area contributed by atoms with Gasteiger partial charge in [-0.1, -0.05) is 43.7 Å². The lowest BCUT2D eigenvalue weighted by Crippen LogP contribution is -2.62. The average Bonchev–Trinajstić information content (AvgIpc) is 3.12. The molecule has 6 heteroatoms. The van der Waals surface area contributed by atoms with Crippen LogP contribution in [0.15, 0.2) is 24.3 Å². The summed E-state index contributed by atoms with van der Waals surface area (Å²) >= 11 is 0. The number of primary amides is 1. The Labute approximate surface area is 191 Å². The second kappa shape index (κ2) is 9.51. The number of hydrogen-bond acceptors (Lipinski definition) is 4. The van der Waals surface area contributed by atoms with Crippen LogP contribution in [0, 0.1) is 19.8 Å². The van der Waals surface area contributed by atoms with Crippen LogP contribution in [0.3, 0.4) is 0 Å². The number of quaternary nitrogens is 1. The monoisotopic (exact) mass is 437 g/mol. The minimum absolute atomic E-state index is 0.106. The second-order valence-corrected chi connectivity index (χ2v) is 9.64. The lowest BCUT2D eigenvalue weighted by molar-refractivity contribution is -0.783. The molecule has 1 aromatic heterocycles. The summed E-state index contributed by atoms with van der Waals surface area (Å²) in [6.07, 6.45) is 2.57. The fourth-order valence-corrected chi connectivity index (χ4v) is 5.10. The van der Waals surface area contributed by atoms with Crippen molar-refractivity contribution in [3.8, 4) is 11.1 Å². The fraction of sp³-hybridized carbons (Fsp3) is 0.500. The van der Waals surface area contributed by atoms with Gasteiger partial charge in [0.1, 0.15) is 6.04 Å². The molecule has 0 bridgehead atoms. The van der Waals surface area contributed by atoms with E-state index in [1.54, 1.807) is 0 Å². The van der Waals surface area contributed by atoms with E-state index < -0.39 is 6.03 Å². The van der Waals surface area contributed by atoms with E-state index in [1.165, 1.54) is 0 Å². The van der Waals surface area contributed by atoms with Crippen LogP contribution in [-0.2, 0) is 24.2 Å². The number of carbonyl (C=O) groups is 2. The topological polar surface area (TPSA) is 99.1 Å². The van der Waals surface area contributed by atoms with Crippen LogP contribution in [-0.4, -0.2) is 34.0 Å². The molecule has 3 rings (SSSR count). The Hall–Kier alpha value is -2.57. The summed E-state index contributed by atoms with van der Waals surface area (Å²) in [5.41, 5.74) is 18.9. The van der Waals surface area contributed by atoms with Crippen molar-refractivity contribution in [1.82, 2.24) is 4.98 Å². The first kappa shape index (κ1) is 24.1. The molecule has 172 valence electrons. The van der Waals surface area contributed by atoms with Crippen LogP contribution in [0.5, 0.6) is 0 Å². The van der Waals surface area contributed by atoms with Gasteiger partial charge in [0.15, 0.2) is 0 Å². The summed E-state index contributed by atoms with van der Waals surface area (Å²) in [6.45, 7) is 11.1. The lowest BCUT2D eigenvalue weighted by Gasteiger charge is -2.31. The molecule has 1 saturated heterocycles. The molecule has 2 heterocycles. The number of nitrogens with zero attached hydrogens (tertiary/aromatic N) is 2. The van der Waals surface area contributed by atoms with E-state index in [4.69, 9.17) is 16.5 Å². The summed E-state index contributed by atoms with van der Waals surface area (Å²) < 4.78 is -0.279. The minimum Gasteiger partial charge on any atom is -0.326 e. The Morgan fingerprint density at radius 2 is 1.81 bits per heavy atom. The molecule has 1 fully saturated rings. The van der Waals surface area contributed by atoms with Gasteiger partial charge in [0.25, 0.3) is 0 Å². The maximum atomic E-state index is 13.7. The Kier molecular flexibility index (Phi) is 7.16. The molecule has 2 atom stereocenters. The van der Waals surface area contributed by atoms with Gasteiger partial charge in [-0.2, -0.15) is 4.48 Å². The number of rotatable bonds is 6. The average molecular weight is 438 g/mol. The Morgan fingerprint density at radius 3 is 2.31 bits per heavy atom. The maximum Gasteiger partial charge on any atom is 0.421 e. The van der Waals surface area contributed by atoms with E-state index in [-0.39, 0.29) is 22.9 Å². The van der Waals surface area contributed by atoms with Crippen molar-refractivity contribution in [1.29, 1.82) is 0 Å². The molecule has 1 unspecified atom stereocenters. The highest BCUT2D eigenvalue weighted by Gasteiger charge is 2.51. The third-order valence-corrected chi connectivity index (χ3v) is 6.89. The predicted octanol–water partition coefficient (Wildman–Crippen LogP) is 4.17. The van der Waals surface area contributed by atoms with Crippen LogP contribution in [0.25, 0.3) is 11.1 Å². The number of carbonyl (C=O) groups excluding carboxylic acids is 2. The predicted molar refractivity (Wildman–Crippen MR) is 128 cm³/mol. The Morgan fingerprint density at radius 1 is 1.16 bits per heavy atom. The van der Waals surface area contributed by atoms with Crippen molar-refractivity contribution >= 4 is 11.9 Å². The normalized spacial score (nSPS) is 20.7. The van der Waals surface area contributed by atoms with Crippen molar-refractivity contribution in [2.24, 2.45) is 17.4 Å². The SMILES string of the molecule is Cc1ccc(-c2c(CC(=O)[N+]3(C(N)=O)CCC[C@H]3C)c(C)nc(CC(C)C)c2CN)cc1. The molecule has 1 aliphatic rings. The van der Waals surface area contributed by atoms with E-state index >= 15 is 0 Å². The zero-order chi connectivity index (χ0) is 23.6. The summed E-state index contributed by atoms with van der Waals surface area (Å²) in [5.74, 6) is 0.278. The zero-order valence-electron chi connectivity index (χ0n) is 20.1. The number of nitrogens with two attached hydrogens (primary N) is 2. The maximum absolute atomic E-state index is 13.7. The molecular weight excluding hydrogens is 400 g/mol. The van der Waals surface area contributed by atoms with Gasteiger partial charge in [-0.05, 0) is 55.4 Å². The standard InChI is InChI=1S/C26H36N4O2/c1-16(2)13-23-22(15-27)25(20-10-8-17(3)9-11-20)21(19(5)29-23)14-24(31)30(26(28)32)12-6-7-18(30)4/h8-11,16,18H,6-7,12-15,27H2,1-5H3,(H-,28,32)/p+1/t18-,30?/m1/s1. The molecule has 0 spiro atoms. The smallest absolute Gasteiger partial charge is 0.326 e. The molecule has 32 heavy (non-hydrogen) atoms. The van der Waals surface area contributed by atoms with Gasteiger partial charge in [0.05, 0.1) is 13.0 Å². The molecule has 3 amide bonds. The van der Waals surface area contributed by atoms with E-state index in [2.05, 4.69) is 45.0 Å². The van der Waals surface area contributed by atoms with Crippen molar-refractivity contribution in [3.63, 3.8) is 0 Å². The fourth-order valence-electron chi connectivity index (χ4n) is 5.10. The Bertz CT molecular complexity index is 1010. The van der Waals surface area contributed by atoms with Crippen LogP contribution < -0.4 is 11.5 Å². The zero-order valence-corrected chi connectivity index (χ0v) is 20.1. The quantitative estimate of drug-likeness (QED) is 0.663. The highest BCUT2D eigenvalue weighted by atomic mass is 16.2. The van der Waals surface area contributed by atoms with E-state index in [9.17, 15) is 9.59 Å². The van der Waals surface area contributed by atoms with Crippen LogP contribution >= 0.6 is 0 Å². The lowest BCUT2D eigenvalue weighted by atomic mass is 9.88. The third-order valence-electron chi connectivity index (χ3n) is 6.89. The molecule has 1 aromatic carbocycles. The number of likely N-dealkylation sites (tertiary alicyclic amines) is 1. The van der Waals surface area contributed by atoms with Gasteiger partial charge in [-0.25, -0.2) is 9.59 Å². The van der Waals surface area contributed by atoms with Gasteiger partial charge in [0, 0.05) is 30.8 Å². The third kappa shape index (κ3) is 4.34. The number of aromatic nitrogens is 1. The van der Waals surface area contributed by atoms with Crippen molar-refractivity contribution in [2.75, 3.05) is 6.54 Å². The van der Waals surface area contributed by atoms with Crippen molar-refractivity contribution in [3.05, 3.63) is 52.3 Å². The molecule has 0 saturated carbocycles. The molecular formula is C26H37N4O2+. The van der Waals surface area contributed by atoms with Crippen molar-refractivity contribution in [2.45, 2.75) is 72.9 Å². The summed E-state index contributed by atoms with van der Waals surface area (Å²) in [7, 11) is 0. The molecule has 4 N–H and O–H groups in total. The number of amides is 3. The molecule has 1 aliphatic heterocycles. The number of benzene rings is 1. The first-order valence-electron chi connectivity index (χ1n) is 11.6. The largest absolute Gasteiger partial charge is 0.421 e. The first-order valence-corrected chi connectivity index (χ1v) is 11.6. The summed E-state index contributed by atoms with van der Waals surface area (Å²) in [5, 5.41) is 0. The van der Waals surface area contributed by atoms with Crippen LogP contribution in [0.4, 0.5) is 4.79 Å². The highest BCUT2D eigenvalue weighted by molar-refractivity contribution is 5.87. The minimum atomic E-state index is -0.557. The second-order valence-electron chi connectivity index (χ2n) is 9.64. The van der Waals surface area contributed by atoms with E-state index in [0.29, 0.717) is 19.0 Å². The molecule has 2 aromatic rings. The van der Waals surface area contributed by atoms with Gasteiger partial charge >= 0.3 is 11.9 Å². The van der Waals surface area contributed by atoms with Crippen molar-refractivity contribution < 1.29 is 14.1 Å². The first-order chi connectivity index (χ1) is 15.1. The van der Waals surface area contributed by atoms with Crippen LogP contribution in [0.2, 0.25) is 0 Å². The van der Waals surface area contributed by atoms with Gasteiger partial charge in [-0.15, -0.1) is 0 Å². The summed E-state index contributed by atoms with van der Waals surface area (Å²) in [6, 6.07) is 7.63. The number of pyridine rings is 1. The molecule has 6 nitrogen and oxygen atoms in total. The van der Waals surface area contributed by atoms with Gasteiger partial charge in [-0.3, -0.25) is 4.98 Å². The highest BCUT2D eigenvalue weighted by Crippen LogP contribution is 2.35. The number of aryl methyl sites for hydroxylation is 2. The molecule has 0 radical (unpaired) electrons.